The Labute approximate surface area is 236 Å². The average Bonchev–Trinajstić information content (AvgIpc) is 3.50. The lowest BCUT2D eigenvalue weighted by molar-refractivity contribution is 0.0475. The van der Waals surface area contributed by atoms with E-state index in [1.807, 2.05) is 45.9 Å². The molecule has 0 radical (unpaired) electrons. The third kappa shape index (κ3) is 4.85. The van der Waals surface area contributed by atoms with Gasteiger partial charge in [0.2, 0.25) is 0 Å². The molecular weight excluding hydrogens is 528 g/mol. The van der Waals surface area contributed by atoms with Gasteiger partial charge in [-0.3, -0.25) is 9.48 Å². The van der Waals surface area contributed by atoms with Crippen LogP contribution >= 0.6 is 0 Å². The zero-order chi connectivity index (χ0) is 29.6. The Bertz CT molecular complexity index is 1650. The molecular formula is C30H33F2N7O2. The van der Waals surface area contributed by atoms with Crippen molar-refractivity contribution in [2.75, 3.05) is 5.32 Å². The summed E-state index contributed by atoms with van der Waals surface area (Å²) in [6.07, 6.45) is 3.35. The number of urea groups is 1. The number of nitrogens with one attached hydrogen (secondary N) is 1. The van der Waals surface area contributed by atoms with Gasteiger partial charge in [0.05, 0.1) is 29.3 Å². The van der Waals surface area contributed by atoms with Crippen molar-refractivity contribution < 1.29 is 18.4 Å². The van der Waals surface area contributed by atoms with E-state index in [1.54, 1.807) is 28.9 Å². The summed E-state index contributed by atoms with van der Waals surface area (Å²) in [5.41, 5.74) is 9.04. The van der Waals surface area contributed by atoms with Gasteiger partial charge >= 0.3 is 6.03 Å². The maximum absolute atomic E-state index is 15.9. The zero-order valence-corrected chi connectivity index (χ0v) is 23.8. The van der Waals surface area contributed by atoms with E-state index in [2.05, 4.69) is 10.4 Å². The first kappa shape index (κ1) is 28.0. The van der Waals surface area contributed by atoms with Gasteiger partial charge in [0.15, 0.2) is 0 Å². The maximum Gasteiger partial charge on any atom is 0.316 e. The molecule has 0 bridgehead atoms. The number of halogens is 2. The molecule has 2 aromatic heterocycles. The van der Waals surface area contributed by atoms with Crippen molar-refractivity contribution in [1.82, 2.24) is 24.5 Å². The van der Waals surface area contributed by atoms with E-state index in [1.165, 1.54) is 4.68 Å². The summed E-state index contributed by atoms with van der Waals surface area (Å²) in [4.78, 5) is 26.8. The summed E-state index contributed by atoms with van der Waals surface area (Å²) in [5.74, 6) is -1.84. The summed E-state index contributed by atoms with van der Waals surface area (Å²) in [5, 5.41) is 11.3. The number of anilines is 1. The minimum atomic E-state index is -1.01. The number of rotatable bonds is 6. The molecule has 11 heteroatoms. The highest BCUT2D eigenvalue weighted by atomic mass is 19.1. The molecule has 0 aliphatic carbocycles. The number of aryl methyl sites for hydroxylation is 3. The van der Waals surface area contributed by atoms with Gasteiger partial charge in [-0.25, -0.2) is 18.3 Å². The number of hydrogen-bond acceptors (Lipinski definition) is 4. The fourth-order valence-electron chi connectivity index (χ4n) is 5.63. The SMILES string of the molecule is CCc1cccc(CC)c1-n1nc2c(c1-c1cc(F)c(NC(N)=O)cc1F)CN(C(=O)c1ccnn1C)C(C)(C)C2. The van der Waals surface area contributed by atoms with Gasteiger partial charge in [-0.1, -0.05) is 32.0 Å². The van der Waals surface area contributed by atoms with E-state index < -0.39 is 23.2 Å². The summed E-state index contributed by atoms with van der Waals surface area (Å²) < 4.78 is 34.3. The number of amides is 3. The zero-order valence-electron chi connectivity index (χ0n) is 23.8. The molecule has 9 nitrogen and oxygen atoms in total. The van der Waals surface area contributed by atoms with Crippen LogP contribution in [0.1, 0.15) is 60.6 Å². The Morgan fingerprint density at radius 1 is 1.07 bits per heavy atom. The highest BCUT2D eigenvalue weighted by Gasteiger charge is 2.41. The van der Waals surface area contributed by atoms with Crippen molar-refractivity contribution in [2.24, 2.45) is 12.8 Å². The second-order valence-corrected chi connectivity index (χ2v) is 10.8. The van der Waals surface area contributed by atoms with E-state index >= 15 is 8.78 Å². The van der Waals surface area contributed by atoms with Gasteiger partial charge in [-0.05, 0) is 49.9 Å². The van der Waals surface area contributed by atoms with E-state index in [9.17, 15) is 9.59 Å². The second kappa shape index (κ2) is 10.5. The highest BCUT2D eigenvalue weighted by molar-refractivity contribution is 5.93. The van der Waals surface area contributed by atoms with E-state index in [0.29, 0.717) is 41.9 Å². The Hall–Kier alpha value is -4.54. The number of nitrogens with zero attached hydrogens (tertiary/aromatic N) is 5. The summed E-state index contributed by atoms with van der Waals surface area (Å²) >= 11 is 0. The fourth-order valence-corrected chi connectivity index (χ4v) is 5.63. The van der Waals surface area contributed by atoms with Crippen LogP contribution in [0, 0.1) is 11.6 Å². The van der Waals surface area contributed by atoms with Crippen molar-refractivity contribution in [3.8, 4) is 16.9 Å². The van der Waals surface area contributed by atoms with E-state index in [-0.39, 0.29) is 23.7 Å². The molecule has 2 aromatic carbocycles. The van der Waals surface area contributed by atoms with Gasteiger partial charge in [0.1, 0.15) is 17.3 Å². The first-order valence-electron chi connectivity index (χ1n) is 13.5. The molecule has 4 aromatic rings. The average molecular weight is 562 g/mol. The molecule has 0 unspecified atom stereocenters. The number of benzene rings is 2. The molecule has 0 spiro atoms. The number of carbonyl (C=O) groups excluding carboxylic acids is 2. The van der Waals surface area contributed by atoms with Crippen molar-refractivity contribution in [2.45, 2.75) is 59.0 Å². The fraction of sp³-hybridized carbons (Fsp3) is 0.333. The van der Waals surface area contributed by atoms with Gasteiger partial charge in [0, 0.05) is 42.4 Å². The molecule has 41 heavy (non-hydrogen) atoms. The monoisotopic (exact) mass is 561 g/mol. The van der Waals surface area contributed by atoms with Gasteiger partial charge in [0.25, 0.3) is 5.91 Å². The summed E-state index contributed by atoms with van der Waals surface area (Å²) in [6.45, 7) is 8.11. The molecule has 1 aliphatic heterocycles. The molecule has 214 valence electrons. The van der Waals surface area contributed by atoms with Crippen LogP contribution in [0.2, 0.25) is 0 Å². The van der Waals surface area contributed by atoms with Crippen molar-refractivity contribution >= 4 is 17.6 Å². The number of primary amides is 1. The number of para-hydroxylation sites is 1. The lowest BCUT2D eigenvalue weighted by atomic mass is 9.87. The Morgan fingerprint density at radius 2 is 1.76 bits per heavy atom. The largest absolute Gasteiger partial charge is 0.351 e. The van der Waals surface area contributed by atoms with Crippen LogP contribution in [0.15, 0.2) is 42.6 Å². The molecule has 0 atom stereocenters. The highest BCUT2D eigenvalue weighted by Crippen LogP contribution is 2.41. The maximum atomic E-state index is 15.9. The Kier molecular flexibility index (Phi) is 7.14. The number of carbonyl (C=O) groups is 2. The standard InChI is InChI=1S/C30H33F2N7O2/c1-6-17-9-8-10-18(7-2)26(17)39-27(19-13-22(32)23(14-21(19)31)35-29(33)41)20-16-38(30(3,4)15-24(20)36-39)28(40)25-11-12-34-37(25)5/h8-14H,6-7,15-16H2,1-5H3,(H3,33,35,41). The smallest absolute Gasteiger partial charge is 0.316 e. The van der Waals surface area contributed by atoms with Crippen LogP contribution in [0.4, 0.5) is 19.3 Å². The lowest BCUT2D eigenvalue weighted by Gasteiger charge is -2.42. The van der Waals surface area contributed by atoms with Crippen LogP contribution in [0.5, 0.6) is 0 Å². The molecule has 0 fully saturated rings. The summed E-state index contributed by atoms with van der Waals surface area (Å²) in [7, 11) is 1.70. The minimum Gasteiger partial charge on any atom is -0.351 e. The molecule has 5 rings (SSSR count). The number of nitrogens with two attached hydrogens (primary N) is 1. The first-order valence-corrected chi connectivity index (χ1v) is 13.5. The normalized spacial score (nSPS) is 14.2. The van der Waals surface area contributed by atoms with Crippen molar-refractivity contribution in [3.63, 3.8) is 0 Å². The van der Waals surface area contributed by atoms with Gasteiger partial charge in [-0.15, -0.1) is 0 Å². The third-order valence-electron chi connectivity index (χ3n) is 7.75. The topological polar surface area (TPSA) is 111 Å². The molecule has 3 heterocycles. The van der Waals surface area contributed by atoms with Crippen LogP contribution in [-0.2, 0) is 32.9 Å². The quantitative estimate of drug-likeness (QED) is 0.339. The Balaban J connectivity index is 1.78. The lowest BCUT2D eigenvalue weighted by Crippen LogP contribution is -2.51. The van der Waals surface area contributed by atoms with Gasteiger partial charge < -0.3 is 16.0 Å². The second-order valence-electron chi connectivity index (χ2n) is 10.8. The molecule has 0 saturated heterocycles. The number of aromatic nitrogens is 4. The van der Waals surface area contributed by atoms with Gasteiger partial charge in [-0.2, -0.15) is 10.2 Å². The molecule has 3 amide bonds. The first-order chi connectivity index (χ1) is 19.5. The van der Waals surface area contributed by atoms with E-state index in [4.69, 9.17) is 10.8 Å². The van der Waals surface area contributed by atoms with Crippen molar-refractivity contribution in [1.29, 1.82) is 0 Å². The third-order valence-corrected chi connectivity index (χ3v) is 7.75. The predicted molar refractivity (Wildman–Crippen MR) is 152 cm³/mol. The molecule has 3 N–H and O–H groups in total. The Morgan fingerprint density at radius 3 is 2.34 bits per heavy atom. The summed E-state index contributed by atoms with van der Waals surface area (Å²) in [6, 6.07) is 8.58. The minimum absolute atomic E-state index is 0.0353. The van der Waals surface area contributed by atoms with Crippen LogP contribution in [0.3, 0.4) is 0 Å². The van der Waals surface area contributed by atoms with Crippen LogP contribution in [-0.4, -0.2) is 41.9 Å². The number of fused-ring (bicyclic) bond motifs is 1. The molecule has 0 saturated carbocycles. The molecule has 1 aliphatic rings. The predicted octanol–water partition coefficient (Wildman–Crippen LogP) is 5.14. The van der Waals surface area contributed by atoms with Crippen LogP contribution in [0.25, 0.3) is 16.9 Å². The number of hydrogen-bond donors (Lipinski definition) is 2. The van der Waals surface area contributed by atoms with Crippen molar-refractivity contribution in [3.05, 3.63) is 82.3 Å². The van der Waals surface area contributed by atoms with Crippen LogP contribution < -0.4 is 11.1 Å². The van der Waals surface area contributed by atoms with E-state index in [0.717, 1.165) is 28.9 Å².